The molecule has 1 aromatic heterocycles. The topological polar surface area (TPSA) is 42.3 Å². The lowest BCUT2D eigenvalue weighted by molar-refractivity contribution is -0.137. The average Bonchev–Trinajstić information content (AvgIpc) is 2.70. The Kier molecular flexibility index (Phi) is 5.87. The van der Waals surface area contributed by atoms with Crippen molar-refractivity contribution in [2.24, 2.45) is 0 Å². The molecule has 0 aliphatic rings. The molecule has 0 spiro atoms. The fourth-order valence-electron chi connectivity index (χ4n) is 3.06. The molecule has 4 nitrogen and oxygen atoms in total. The molecule has 0 N–H and O–H groups in total. The van der Waals surface area contributed by atoms with Gasteiger partial charge in [-0.2, -0.15) is 13.2 Å². The average molecular weight is 400 g/mol. The Morgan fingerprint density at radius 1 is 1.00 bits per heavy atom. The van der Waals surface area contributed by atoms with Gasteiger partial charge in [-0.05, 0) is 48.9 Å². The van der Waals surface area contributed by atoms with E-state index in [1.54, 1.807) is 37.3 Å². The van der Waals surface area contributed by atoms with Gasteiger partial charge in [0.1, 0.15) is 5.56 Å². The van der Waals surface area contributed by atoms with Gasteiger partial charge >= 0.3 is 6.18 Å². The third kappa shape index (κ3) is 4.56. The summed E-state index contributed by atoms with van der Waals surface area (Å²) in [6, 6.07) is 16.7. The van der Waals surface area contributed by atoms with E-state index >= 15 is 0 Å². The second kappa shape index (κ2) is 8.34. The lowest BCUT2D eigenvalue weighted by Gasteiger charge is -2.21. The molecule has 0 radical (unpaired) electrons. The number of para-hydroxylation sites is 1. The predicted octanol–water partition coefficient (Wildman–Crippen LogP) is 4.58. The third-order valence-electron chi connectivity index (χ3n) is 4.49. The van der Waals surface area contributed by atoms with E-state index in [1.807, 2.05) is 6.07 Å². The summed E-state index contributed by atoms with van der Waals surface area (Å²) in [5.41, 5.74) is -0.388. The molecule has 0 saturated heterocycles. The molecule has 29 heavy (non-hydrogen) atoms. The highest BCUT2D eigenvalue weighted by molar-refractivity contribution is 6.05. The lowest BCUT2D eigenvalue weighted by Crippen LogP contribution is -2.36. The highest BCUT2D eigenvalue weighted by atomic mass is 19.4. The minimum Gasteiger partial charge on any atom is -0.310 e. The number of hydrogen-bond acceptors (Lipinski definition) is 2. The third-order valence-corrected chi connectivity index (χ3v) is 4.49. The van der Waals surface area contributed by atoms with E-state index in [-0.39, 0.29) is 12.1 Å². The van der Waals surface area contributed by atoms with Crippen LogP contribution in [0.25, 0.3) is 0 Å². The first-order chi connectivity index (χ1) is 13.8. The number of nitrogens with zero attached hydrogens (tertiary/aromatic N) is 2. The van der Waals surface area contributed by atoms with Gasteiger partial charge < -0.3 is 9.47 Å². The van der Waals surface area contributed by atoms with Crippen molar-refractivity contribution >= 4 is 11.6 Å². The normalized spacial score (nSPS) is 11.3. The Labute approximate surface area is 165 Å². The number of amides is 1. The Hall–Kier alpha value is -3.35. The number of carbonyl (C=O) groups excluding carboxylic acids is 1. The molecule has 0 aliphatic heterocycles. The Morgan fingerprint density at radius 3 is 2.38 bits per heavy atom. The zero-order chi connectivity index (χ0) is 21.0. The summed E-state index contributed by atoms with van der Waals surface area (Å²) in [5, 5.41) is 0. The van der Waals surface area contributed by atoms with Crippen LogP contribution in [0.3, 0.4) is 0 Å². The predicted molar refractivity (Wildman–Crippen MR) is 105 cm³/mol. The molecule has 0 bridgehead atoms. The van der Waals surface area contributed by atoms with Gasteiger partial charge in [-0.15, -0.1) is 0 Å². The number of pyridine rings is 1. The Morgan fingerprint density at radius 2 is 1.72 bits per heavy atom. The summed E-state index contributed by atoms with van der Waals surface area (Å²) in [7, 11) is 0. The number of halogens is 3. The van der Waals surface area contributed by atoms with E-state index in [4.69, 9.17) is 0 Å². The van der Waals surface area contributed by atoms with Crippen molar-refractivity contribution < 1.29 is 18.0 Å². The number of alkyl halides is 3. The van der Waals surface area contributed by atoms with Crippen molar-refractivity contribution in [3.63, 3.8) is 0 Å². The van der Waals surface area contributed by atoms with Gasteiger partial charge in [-0.1, -0.05) is 30.3 Å². The van der Waals surface area contributed by atoms with Crippen LogP contribution in [-0.4, -0.2) is 17.0 Å². The van der Waals surface area contributed by atoms with Crippen molar-refractivity contribution in [3.05, 3.63) is 100.0 Å². The maximum absolute atomic E-state index is 13.0. The molecule has 0 atom stereocenters. The fraction of sp³-hybridized carbons (Fsp3) is 0.182. The zero-order valence-corrected chi connectivity index (χ0v) is 15.7. The van der Waals surface area contributed by atoms with E-state index in [0.29, 0.717) is 17.8 Å². The number of rotatable bonds is 5. The quantitative estimate of drug-likeness (QED) is 0.629. The molecule has 1 heterocycles. The van der Waals surface area contributed by atoms with Gasteiger partial charge in [-0.3, -0.25) is 9.59 Å². The van der Waals surface area contributed by atoms with Crippen LogP contribution in [0.2, 0.25) is 0 Å². The Balaban J connectivity index is 1.92. The summed E-state index contributed by atoms with van der Waals surface area (Å²) in [6.45, 7) is 2.10. The van der Waals surface area contributed by atoms with Crippen LogP contribution < -0.4 is 10.5 Å². The van der Waals surface area contributed by atoms with Crippen LogP contribution in [-0.2, 0) is 12.7 Å². The first-order valence-corrected chi connectivity index (χ1v) is 9.03. The fourth-order valence-corrected chi connectivity index (χ4v) is 3.06. The molecule has 3 rings (SSSR count). The summed E-state index contributed by atoms with van der Waals surface area (Å²) in [4.78, 5) is 27.3. The zero-order valence-electron chi connectivity index (χ0n) is 15.7. The smallest absolute Gasteiger partial charge is 0.310 e. The number of benzene rings is 2. The molecule has 1 amide bonds. The molecule has 7 heteroatoms. The molecule has 0 unspecified atom stereocenters. The van der Waals surface area contributed by atoms with Crippen LogP contribution in [0.5, 0.6) is 0 Å². The molecular weight excluding hydrogens is 381 g/mol. The van der Waals surface area contributed by atoms with Crippen LogP contribution in [0.15, 0.2) is 77.7 Å². The molecule has 0 aliphatic carbocycles. The van der Waals surface area contributed by atoms with Crippen LogP contribution in [0.1, 0.15) is 28.4 Å². The summed E-state index contributed by atoms with van der Waals surface area (Å²) >= 11 is 0. The van der Waals surface area contributed by atoms with Gasteiger partial charge in [0.15, 0.2) is 0 Å². The van der Waals surface area contributed by atoms with E-state index < -0.39 is 23.2 Å². The minimum absolute atomic E-state index is 0.0369. The number of hydrogen-bond donors (Lipinski definition) is 0. The van der Waals surface area contributed by atoms with Crippen molar-refractivity contribution in [3.8, 4) is 0 Å². The van der Waals surface area contributed by atoms with E-state index in [9.17, 15) is 22.8 Å². The van der Waals surface area contributed by atoms with Crippen molar-refractivity contribution in [2.75, 3.05) is 11.4 Å². The summed E-state index contributed by atoms with van der Waals surface area (Å²) < 4.78 is 40.0. The lowest BCUT2D eigenvalue weighted by atomic mass is 10.1. The monoisotopic (exact) mass is 400 g/mol. The summed E-state index contributed by atoms with van der Waals surface area (Å²) in [5.74, 6) is -0.456. The molecular formula is C22H19F3N2O2. The molecule has 0 fully saturated rings. The van der Waals surface area contributed by atoms with Crippen molar-refractivity contribution in [2.45, 2.75) is 19.6 Å². The van der Waals surface area contributed by atoms with Crippen molar-refractivity contribution in [1.82, 2.24) is 4.57 Å². The largest absolute Gasteiger partial charge is 0.416 e. The number of carbonyl (C=O) groups is 1. The first kappa shape index (κ1) is 20.4. The Bertz CT molecular complexity index is 1060. The van der Waals surface area contributed by atoms with Gasteiger partial charge in [0, 0.05) is 18.4 Å². The van der Waals surface area contributed by atoms with Crippen LogP contribution >= 0.6 is 0 Å². The van der Waals surface area contributed by atoms with E-state index in [0.717, 1.165) is 12.1 Å². The second-order valence-electron chi connectivity index (χ2n) is 6.44. The standard InChI is InChI=1S/C22H19F3N2O2/c1-2-27(18-10-4-3-5-11-18)21(29)19-12-7-13-26(20(19)28)15-16-8-6-9-17(14-16)22(23,24)25/h3-14H,2,15H2,1H3. The maximum atomic E-state index is 13.0. The number of anilines is 1. The summed E-state index contributed by atoms with van der Waals surface area (Å²) in [6.07, 6.45) is -3.01. The molecule has 0 saturated carbocycles. The molecule has 150 valence electrons. The highest BCUT2D eigenvalue weighted by Crippen LogP contribution is 2.29. The maximum Gasteiger partial charge on any atom is 0.416 e. The minimum atomic E-state index is -4.46. The number of aromatic nitrogens is 1. The molecule has 3 aromatic rings. The first-order valence-electron chi connectivity index (χ1n) is 9.03. The van der Waals surface area contributed by atoms with Gasteiger partial charge in [0.25, 0.3) is 11.5 Å². The SMILES string of the molecule is CCN(C(=O)c1cccn(Cc2cccc(C(F)(F)F)c2)c1=O)c1ccccc1. The van der Waals surface area contributed by atoms with Gasteiger partial charge in [-0.25, -0.2) is 0 Å². The van der Waals surface area contributed by atoms with E-state index in [2.05, 4.69) is 0 Å². The van der Waals surface area contributed by atoms with Crippen molar-refractivity contribution in [1.29, 1.82) is 0 Å². The second-order valence-corrected chi connectivity index (χ2v) is 6.44. The van der Waals surface area contributed by atoms with Gasteiger partial charge in [0.2, 0.25) is 0 Å². The van der Waals surface area contributed by atoms with Gasteiger partial charge in [0.05, 0.1) is 12.1 Å². The molecule has 2 aromatic carbocycles. The van der Waals surface area contributed by atoms with E-state index in [1.165, 1.54) is 33.9 Å². The highest BCUT2D eigenvalue weighted by Gasteiger charge is 2.30. The van der Waals surface area contributed by atoms with Crippen LogP contribution in [0.4, 0.5) is 18.9 Å². The van der Waals surface area contributed by atoms with Crippen LogP contribution in [0, 0.1) is 0 Å².